The molecular formula is C31H41BrN2O6S. The van der Waals surface area contributed by atoms with Crippen LogP contribution in [0.5, 0.6) is 5.75 Å². The normalized spacial score (nSPS) is 28.9. The maximum absolute atomic E-state index is 14.7. The smallest absolute Gasteiger partial charge is 0.310 e. The predicted octanol–water partition coefficient (Wildman–Crippen LogP) is 4.60. The van der Waals surface area contributed by atoms with Crippen LogP contribution in [-0.4, -0.2) is 81.6 Å². The number of carbonyl (C=O) groups excluding carboxylic acids is 3. The largest absolute Gasteiger partial charge is 0.497 e. The molecule has 0 aromatic heterocycles. The highest BCUT2D eigenvalue weighted by Gasteiger charge is 2.76. The van der Waals surface area contributed by atoms with Gasteiger partial charge in [-0.15, -0.1) is 24.9 Å². The molecule has 3 heterocycles. The van der Waals surface area contributed by atoms with E-state index in [4.69, 9.17) is 9.47 Å². The first-order valence-electron chi connectivity index (χ1n) is 14.2. The Hall–Kier alpha value is -2.30. The molecule has 224 valence electrons. The zero-order valence-electron chi connectivity index (χ0n) is 24.0. The van der Waals surface area contributed by atoms with Gasteiger partial charge in [-0.05, 0) is 55.9 Å². The third-order valence-electron chi connectivity index (χ3n) is 8.34. The number of ether oxygens (including phenoxy) is 2. The number of thioether (sulfide) groups is 1. The minimum atomic E-state index is -0.869. The minimum Gasteiger partial charge on any atom is -0.497 e. The molecule has 2 bridgehead atoms. The van der Waals surface area contributed by atoms with E-state index in [-0.39, 0.29) is 47.6 Å². The zero-order chi connectivity index (χ0) is 29.9. The molecule has 1 N–H and O–H groups in total. The summed E-state index contributed by atoms with van der Waals surface area (Å²) in [5.41, 5.74) is 0.651. The number of benzene rings is 1. The Kier molecular flexibility index (Phi) is 10.3. The van der Waals surface area contributed by atoms with E-state index in [1.807, 2.05) is 26.0 Å². The van der Waals surface area contributed by atoms with E-state index in [9.17, 15) is 19.5 Å². The van der Waals surface area contributed by atoms with Gasteiger partial charge in [-0.1, -0.05) is 41.9 Å². The van der Waals surface area contributed by atoms with Crippen LogP contribution in [0, 0.1) is 17.8 Å². The summed E-state index contributed by atoms with van der Waals surface area (Å²) in [4.78, 5) is 45.9. The molecule has 4 rings (SSSR count). The summed E-state index contributed by atoms with van der Waals surface area (Å²) in [5, 5.41) is 10.3. The highest BCUT2D eigenvalue weighted by molar-refractivity contribution is 9.09. The van der Waals surface area contributed by atoms with Crippen molar-refractivity contribution >= 4 is 51.2 Å². The van der Waals surface area contributed by atoms with Crippen molar-refractivity contribution in [1.29, 1.82) is 0 Å². The number of nitrogens with zero attached hydrogens (tertiary/aromatic N) is 2. The summed E-state index contributed by atoms with van der Waals surface area (Å²) >= 11 is 5.36. The van der Waals surface area contributed by atoms with Crippen LogP contribution in [-0.2, 0) is 19.1 Å². The average molecular weight is 650 g/mol. The van der Waals surface area contributed by atoms with Crippen LogP contribution >= 0.6 is 27.7 Å². The van der Waals surface area contributed by atoms with Gasteiger partial charge in [-0.25, -0.2) is 0 Å². The van der Waals surface area contributed by atoms with Gasteiger partial charge in [-0.3, -0.25) is 14.4 Å². The summed E-state index contributed by atoms with van der Waals surface area (Å²) in [6.45, 7) is 11.9. The molecule has 0 radical (unpaired) electrons. The fourth-order valence-electron chi connectivity index (χ4n) is 6.69. The Morgan fingerprint density at radius 1 is 1.27 bits per heavy atom. The fraction of sp³-hybridized carbons (Fsp3) is 0.581. The Morgan fingerprint density at radius 2 is 1.98 bits per heavy atom. The second kappa shape index (κ2) is 13.3. The molecule has 10 heteroatoms. The van der Waals surface area contributed by atoms with Gasteiger partial charge in [-0.2, -0.15) is 0 Å². The second-order valence-electron chi connectivity index (χ2n) is 11.4. The predicted molar refractivity (Wildman–Crippen MR) is 165 cm³/mol. The lowest BCUT2D eigenvalue weighted by atomic mass is 9.71. The second-order valence-corrected chi connectivity index (χ2v) is 14.1. The van der Waals surface area contributed by atoms with E-state index in [0.29, 0.717) is 30.7 Å². The number of hydrogen-bond acceptors (Lipinski definition) is 7. The lowest BCUT2D eigenvalue weighted by Gasteiger charge is -2.40. The first kappa shape index (κ1) is 31.6. The third kappa shape index (κ3) is 5.84. The molecule has 3 unspecified atom stereocenters. The van der Waals surface area contributed by atoms with Gasteiger partial charge in [0.2, 0.25) is 5.91 Å². The summed E-state index contributed by atoms with van der Waals surface area (Å²) in [6.07, 6.45) is 5.91. The number of amides is 2. The van der Waals surface area contributed by atoms with Crippen molar-refractivity contribution in [2.24, 2.45) is 17.8 Å². The van der Waals surface area contributed by atoms with Gasteiger partial charge >= 0.3 is 5.97 Å². The number of alkyl halides is 1. The van der Waals surface area contributed by atoms with Crippen LogP contribution in [0.25, 0.3) is 0 Å². The number of methoxy groups -OCH3 is 1. The van der Waals surface area contributed by atoms with Gasteiger partial charge in [0.1, 0.15) is 11.8 Å². The molecule has 0 saturated carbocycles. The van der Waals surface area contributed by atoms with Crippen LogP contribution in [0.4, 0.5) is 5.69 Å². The number of rotatable bonds is 14. The lowest BCUT2D eigenvalue weighted by molar-refractivity contribution is -0.154. The van der Waals surface area contributed by atoms with Crippen molar-refractivity contribution in [3.8, 4) is 5.75 Å². The standard InChI is InChI=1S/C31H41BrN2O6S/c1-6-8-9-15-40-30(38)24-25-28(36)34(21(18-35)16-19(3)4)27(31(25)17-23(32)26(24)41-31)29(37)33(14-7-2)20-10-12-22(39-5)13-11-20/h6-7,10-13,19,21,23-27,35H,1-2,8-9,14-18H2,3-5H3/t21-,23?,24-,25+,26-,27?,31?/m1/s1. The van der Waals surface area contributed by atoms with Gasteiger partial charge in [0.25, 0.3) is 5.91 Å². The summed E-state index contributed by atoms with van der Waals surface area (Å²) in [7, 11) is 1.58. The molecule has 3 aliphatic rings. The molecule has 0 aliphatic carbocycles. The van der Waals surface area contributed by atoms with Crippen LogP contribution in [0.1, 0.15) is 39.5 Å². The highest BCUT2D eigenvalue weighted by Crippen LogP contribution is 2.68. The number of carbonyl (C=O) groups is 3. The molecule has 2 amide bonds. The first-order chi connectivity index (χ1) is 19.6. The summed E-state index contributed by atoms with van der Waals surface area (Å²) in [6, 6.07) is 5.77. The number of allylic oxidation sites excluding steroid dienone is 1. The van der Waals surface area contributed by atoms with Crippen LogP contribution in [0.15, 0.2) is 49.6 Å². The minimum absolute atomic E-state index is 0.0657. The van der Waals surface area contributed by atoms with Crippen LogP contribution in [0.3, 0.4) is 0 Å². The number of fused-ring (bicyclic) bond motifs is 1. The molecule has 41 heavy (non-hydrogen) atoms. The zero-order valence-corrected chi connectivity index (χ0v) is 26.4. The van der Waals surface area contributed by atoms with E-state index in [0.717, 1.165) is 6.42 Å². The lowest BCUT2D eigenvalue weighted by Crippen LogP contribution is -2.58. The van der Waals surface area contributed by atoms with Crippen molar-refractivity contribution in [3.05, 3.63) is 49.6 Å². The molecule has 3 fully saturated rings. The fourth-order valence-corrected chi connectivity index (χ4v) is 10.3. The Labute approximate surface area is 255 Å². The molecule has 3 saturated heterocycles. The monoisotopic (exact) mass is 648 g/mol. The number of anilines is 1. The number of likely N-dealkylation sites (tertiary alicyclic amines) is 1. The third-order valence-corrected chi connectivity index (χ3v) is 11.6. The number of aliphatic hydroxyl groups excluding tert-OH is 1. The van der Waals surface area contributed by atoms with E-state index >= 15 is 0 Å². The van der Waals surface area contributed by atoms with Gasteiger partial charge in [0, 0.05) is 22.3 Å². The van der Waals surface area contributed by atoms with Crippen molar-refractivity contribution in [2.75, 3.05) is 31.8 Å². The van der Waals surface area contributed by atoms with Gasteiger partial charge in [0.15, 0.2) is 0 Å². The molecular weight excluding hydrogens is 608 g/mol. The molecule has 7 atom stereocenters. The van der Waals surface area contributed by atoms with Crippen molar-refractivity contribution < 1.29 is 29.0 Å². The Morgan fingerprint density at radius 3 is 2.56 bits per heavy atom. The number of halogens is 1. The Balaban J connectivity index is 1.78. The van der Waals surface area contributed by atoms with Crippen molar-refractivity contribution in [3.63, 3.8) is 0 Å². The number of hydrogen-bond donors (Lipinski definition) is 1. The van der Waals surface area contributed by atoms with E-state index < -0.39 is 34.6 Å². The van der Waals surface area contributed by atoms with Crippen LogP contribution in [0.2, 0.25) is 0 Å². The molecule has 8 nitrogen and oxygen atoms in total. The van der Waals surface area contributed by atoms with Crippen molar-refractivity contribution in [2.45, 2.75) is 66.4 Å². The SMILES string of the molecule is C=CCCCOC(=O)[C@H]1[C@@H]2SC3(CC2Br)C(C(=O)N(CC=C)c2ccc(OC)cc2)N([C@@H](CO)CC(C)C)C(=O)[C@H]13. The molecule has 1 aromatic rings. The average Bonchev–Trinajstić information content (AvgIpc) is 3.55. The summed E-state index contributed by atoms with van der Waals surface area (Å²) < 4.78 is 10.1. The highest BCUT2D eigenvalue weighted by atomic mass is 79.9. The van der Waals surface area contributed by atoms with Crippen molar-refractivity contribution in [1.82, 2.24) is 4.90 Å². The maximum atomic E-state index is 14.7. The number of esters is 1. The van der Waals surface area contributed by atoms with Crippen LogP contribution < -0.4 is 9.64 Å². The number of aliphatic hydroxyl groups is 1. The topological polar surface area (TPSA) is 96.4 Å². The molecule has 1 spiro atoms. The van der Waals surface area contributed by atoms with Gasteiger partial charge in [0.05, 0.1) is 42.9 Å². The first-order valence-corrected chi connectivity index (χ1v) is 16.0. The quantitative estimate of drug-likeness (QED) is 0.136. The number of unbranched alkanes of at least 4 members (excludes halogenated alkanes) is 1. The molecule has 3 aliphatic heterocycles. The summed E-state index contributed by atoms with van der Waals surface area (Å²) in [5.74, 6) is -1.45. The van der Waals surface area contributed by atoms with Gasteiger partial charge < -0.3 is 24.4 Å². The molecule has 1 aromatic carbocycles. The van der Waals surface area contributed by atoms with E-state index in [1.165, 1.54) is 0 Å². The Bertz CT molecular complexity index is 1150. The van der Waals surface area contributed by atoms with E-state index in [1.54, 1.807) is 53.0 Å². The maximum Gasteiger partial charge on any atom is 0.310 e. The van der Waals surface area contributed by atoms with E-state index in [2.05, 4.69) is 29.1 Å².